The number of ether oxygens (including phenoxy) is 2. The molecule has 0 N–H and O–H groups in total. The van der Waals surface area contributed by atoms with Gasteiger partial charge in [-0.25, -0.2) is 19.3 Å². The number of nitrogens with zero attached hydrogens (tertiary/aromatic N) is 3. The molecule has 2 aromatic heterocycles. The van der Waals surface area contributed by atoms with E-state index in [1.165, 1.54) is 17.4 Å². The number of fused-ring (bicyclic) bond motifs is 2. The molecule has 0 saturated carbocycles. The second-order valence-corrected chi connectivity index (χ2v) is 7.11. The second-order valence-electron chi connectivity index (χ2n) is 6.08. The second kappa shape index (κ2) is 7.08. The molecule has 0 unspecified atom stereocenters. The number of halogens is 1. The predicted octanol–water partition coefficient (Wildman–Crippen LogP) is 4.97. The van der Waals surface area contributed by atoms with Crippen molar-refractivity contribution < 1.29 is 13.9 Å². The smallest absolute Gasteiger partial charge is 0.232 e. The average Bonchev–Trinajstić information content (AvgIpc) is 3.07. The van der Waals surface area contributed by atoms with Gasteiger partial charge in [0.2, 0.25) is 5.88 Å². The molecule has 5 nitrogen and oxygen atoms in total. The summed E-state index contributed by atoms with van der Waals surface area (Å²) in [6.45, 7) is 4.21. The van der Waals surface area contributed by atoms with Crippen LogP contribution < -0.4 is 9.47 Å². The third-order valence-corrected chi connectivity index (χ3v) is 5.11. The van der Waals surface area contributed by atoms with Gasteiger partial charge in [-0.1, -0.05) is 6.92 Å². The Balaban J connectivity index is 1.86. The number of thiazole rings is 1. The van der Waals surface area contributed by atoms with Crippen LogP contribution in [0.2, 0.25) is 0 Å². The molecule has 1 radical (unpaired) electrons. The molecule has 27 heavy (non-hydrogen) atoms. The predicted molar refractivity (Wildman–Crippen MR) is 105 cm³/mol. The Bertz CT molecular complexity index is 1140. The minimum atomic E-state index is -0.417. The number of benzene rings is 2. The summed E-state index contributed by atoms with van der Waals surface area (Å²) in [5, 5.41) is 0.761. The third-order valence-electron chi connectivity index (χ3n) is 4.06. The first kappa shape index (κ1) is 17.6. The van der Waals surface area contributed by atoms with Gasteiger partial charge in [0.1, 0.15) is 5.01 Å². The molecule has 2 heterocycles. The fraction of sp³-hybridized carbons (Fsp3) is 0.200. The highest BCUT2D eigenvalue weighted by molar-refractivity contribution is 7.21. The summed E-state index contributed by atoms with van der Waals surface area (Å²) in [5.74, 6) is 0.272. The summed E-state index contributed by atoms with van der Waals surface area (Å²) in [7, 11) is 1.56. The third kappa shape index (κ3) is 3.30. The van der Waals surface area contributed by atoms with Crippen LogP contribution in [0, 0.1) is 19.2 Å². The number of methoxy groups -OCH3 is 1. The highest BCUT2D eigenvalue weighted by atomic mass is 32.1. The van der Waals surface area contributed by atoms with E-state index in [2.05, 4.69) is 15.0 Å². The van der Waals surface area contributed by atoms with Gasteiger partial charge in [-0.2, -0.15) is 0 Å². The van der Waals surface area contributed by atoms with Crippen LogP contribution >= 0.6 is 11.3 Å². The first-order valence-electron chi connectivity index (χ1n) is 8.41. The van der Waals surface area contributed by atoms with Gasteiger partial charge in [0.25, 0.3) is 0 Å². The van der Waals surface area contributed by atoms with E-state index in [9.17, 15) is 4.39 Å². The van der Waals surface area contributed by atoms with Crippen molar-refractivity contribution in [1.29, 1.82) is 0 Å². The van der Waals surface area contributed by atoms with E-state index in [4.69, 9.17) is 9.47 Å². The Morgan fingerprint density at radius 3 is 2.78 bits per heavy atom. The lowest BCUT2D eigenvalue weighted by molar-refractivity contribution is 0.330. The van der Waals surface area contributed by atoms with Crippen LogP contribution in [0.4, 0.5) is 4.39 Å². The van der Waals surface area contributed by atoms with E-state index < -0.39 is 5.82 Å². The van der Waals surface area contributed by atoms with Crippen LogP contribution in [-0.2, 0) is 0 Å². The quantitative estimate of drug-likeness (QED) is 0.488. The lowest BCUT2D eigenvalue weighted by atomic mass is 10.1. The zero-order chi connectivity index (χ0) is 19.0. The van der Waals surface area contributed by atoms with Crippen molar-refractivity contribution >= 4 is 32.6 Å². The molecule has 7 heteroatoms. The summed E-state index contributed by atoms with van der Waals surface area (Å²) >= 11 is 1.47. The van der Waals surface area contributed by atoms with Crippen LogP contribution in [0.3, 0.4) is 0 Å². The van der Waals surface area contributed by atoms with Gasteiger partial charge in [-0.05, 0) is 31.0 Å². The van der Waals surface area contributed by atoms with Crippen LogP contribution in [0.1, 0.15) is 12.5 Å². The van der Waals surface area contributed by atoms with E-state index in [1.54, 1.807) is 19.4 Å². The normalized spacial score (nSPS) is 11.3. The molecule has 0 amide bonds. The molecule has 137 valence electrons. The highest BCUT2D eigenvalue weighted by Gasteiger charge is 2.15. The van der Waals surface area contributed by atoms with Crippen molar-refractivity contribution in [3.05, 3.63) is 48.3 Å². The van der Waals surface area contributed by atoms with Crippen molar-refractivity contribution in [2.45, 2.75) is 13.8 Å². The number of rotatable bonds is 5. The van der Waals surface area contributed by atoms with E-state index >= 15 is 0 Å². The molecule has 0 fully saturated rings. The molecule has 0 aliphatic heterocycles. The summed E-state index contributed by atoms with van der Waals surface area (Å²) in [6, 6.07) is 7.07. The molecule has 4 rings (SSSR count). The molecular weight excluding hydrogens is 365 g/mol. The molecule has 4 aromatic rings. The van der Waals surface area contributed by atoms with Crippen molar-refractivity contribution in [2.24, 2.45) is 0 Å². The van der Waals surface area contributed by atoms with Gasteiger partial charge in [0.15, 0.2) is 11.6 Å². The number of hydrogen-bond acceptors (Lipinski definition) is 6. The van der Waals surface area contributed by atoms with Gasteiger partial charge in [0, 0.05) is 17.7 Å². The Hall–Kier alpha value is -2.80. The van der Waals surface area contributed by atoms with E-state index in [1.807, 2.05) is 32.4 Å². The number of hydrogen-bond donors (Lipinski definition) is 0. The van der Waals surface area contributed by atoms with Crippen LogP contribution in [0.15, 0.2) is 30.5 Å². The van der Waals surface area contributed by atoms with E-state index in [0.29, 0.717) is 18.0 Å². The summed E-state index contributed by atoms with van der Waals surface area (Å²) in [6.07, 6.45) is 3.41. The van der Waals surface area contributed by atoms with Crippen LogP contribution in [0.25, 0.3) is 31.8 Å². The molecular formula is C20H17FN3O2S. The first-order chi connectivity index (χ1) is 13.1. The Labute approximate surface area is 159 Å². The minimum Gasteiger partial charge on any atom is -0.490 e. The summed E-state index contributed by atoms with van der Waals surface area (Å²) in [5.41, 5.74) is 3.96. The largest absolute Gasteiger partial charge is 0.490 e. The molecule has 2 aromatic carbocycles. The van der Waals surface area contributed by atoms with Crippen LogP contribution in [0.5, 0.6) is 11.6 Å². The lowest BCUT2D eigenvalue weighted by Gasteiger charge is -2.06. The summed E-state index contributed by atoms with van der Waals surface area (Å²) < 4.78 is 25.7. The lowest BCUT2D eigenvalue weighted by Crippen LogP contribution is -1.97. The molecule has 0 saturated heterocycles. The fourth-order valence-corrected chi connectivity index (χ4v) is 3.83. The monoisotopic (exact) mass is 382 g/mol. The Morgan fingerprint density at radius 1 is 1.15 bits per heavy atom. The average molecular weight is 382 g/mol. The zero-order valence-corrected chi connectivity index (χ0v) is 15.9. The van der Waals surface area contributed by atoms with Crippen molar-refractivity contribution in [3.8, 4) is 22.2 Å². The maximum absolute atomic E-state index is 14.2. The topological polar surface area (TPSA) is 57.1 Å². The van der Waals surface area contributed by atoms with Crippen molar-refractivity contribution in [1.82, 2.24) is 15.0 Å². The standard InChI is InChI=1S/C20H17FN3O2S/c1-4-5-26-16-9-17-14(8-13(16)21)24-20(27-17)12-6-11(2)7-15-19(12)22-10-18(23-15)25-3/h4,6-10H,5H2,1-3H3. The van der Waals surface area contributed by atoms with Crippen molar-refractivity contribution in [2.75, 3.05) is 13.7 Å². The molecule has 0 atom stereocenters. The molecule has 0 spiro atoms. The van der Waals surface area contributed by atoms with E-state index in [0.717, 1.165) is 31.9 Å². The summed E-state index contributed by atoms with van der Waals surface area (Å²) in [4.78, 5) is 13.6. The van der Waals surface area contributed by atoms with Gasteiger partial charge in [-0.15, -0.1) is 11.3 Å². The van der Waals surface area contributed by atoms with Gasteiger partial charge in [0.05, 0.1) is 41.2 Å². The van der Waals surface area contributed by atoms with Gasteiger partial charge < -0.3 is 9.47 Å². The van der Waals surface area contributed by atoms with E-state index in [-0.39, 0.29) is 5.75 Å². The van der Waals surface area contributed by atoms with Gasteiger partial charge in [-0.3, -0.25) is 0 Å². The maximum atomic E-state index is 14.2. The van der Waals surface area contributed by atoms with Crippen molar-refractivity contribution in [3.63, 3.8) is 0 Å². The molecule has 0 aliphatic carbocycles. The first-order valence-corrected chi connectivity index (χ1v) is 9.23. The van der Waals surface area contributed by atoms with Gasteiger partial charge >= 0.3 is 0 Å². The highest BCUT2D eigenvalue weighted by Crippen LogP contribution is 2.36. The van der Waals surface area contributed by atoms with Crippen LogP contribution in [-0.4, -0.2) is 28.7 Å². The number of aromatic nitrogens is 3. The fourth-order valence-electron chi connectivity index (χ4n) is 2.84. The number of aryl methyl sites for hydroxylation is 1. The molecule has 0 aliphatic rings. The molecule has 0 bridgehead atoms. The Morgan fingerprint density at radius 2 is 2.00 bits per heavy atom. The maximum Gasteiger partial charge on any atom is 0.232 e. The Kier molecular flexibility index (Phi) is 4.61. The SMILES string of the molecule is C[CH]COc1cc2sc(-c3cc(C)cc4nc(OC)cnc34)nc2cc1F. The minimum absolute atomic E-state index is 0.231. The zero-order valence-electron chi connectivity index (χ0n) is 15.1.